The predicted octanol–water partition coefficient (Wildman–Crippen LogP) is 5.31. The summed E-state index contributed by atoms with van der Waals surface area (Å²) in [4.78, 5) is 0. The molecule has 0 atom stereocenters. The Morgan fingerprint density at radius 2 is 1.00 bits per heavy atom. The van der Waals surface area contributed by atoms with E-state index < -0.39 is 18.3 Å². The highest BCUT2D eigenvalue weighted by Gasteiger charge is 2.52. The molecule has 0 bridgehead atoms. The van der Waals surface area contributed by atoms with E-state index in [0.29, 0.717) is 0 Å². The van der Waals surface area contributed by atoms with Crippen LogP contribution in [0.2, 0.25) is 0 Å². The molecule has 0 aromatic heterocycles. The summed E-state index contributed by atoms with van der Waals surface area (Å²) in [5.41, 5.74) is 5.97. The number of fused-ring (bicyclic) bond motifs is 4. The van der Waals surface area contributed by atoms with Crippen LogP contribution in [-0.4, -0.2) is 25.0 Å². The Morgan fingerprint density at radius 1 is 0.579 bits per heavy atom. The van der Waals surface area contributed by atoms with E-state index in [1.807, 2.05) is 0 Å². The molecule has 0 unspecified atom stereocenters. The molecular weight excluding hydrogens is 470 g/mol. The third kappa shape index (κ3) is 3.91. The molecule has 0 N–H and O–H groups in total. The summed E-state index contributed by atoms with van der Waals surface area (Å²) in [6, 6.07) is 17.5. The van der Waals surface area contributed by atoms with Crippen molar-refractivity contribution in [3.05, 3.63) is 59.7 Å². The van der Waals surface area contributed by atoms with Gasteiger partial charge < -0.3 is 18.8 Å². The molecule has 6 heteroatoms. The maximum absolute atomic E-state index is 6.67. The molecule has 38 heavy (non-hydrogen) atoms. The van der Waals surface area contributed by atoms with Crippen LogP contribution in [0.4, 0.5) is 0 Å². The van der Waals surface area contributed by atoms with Gasteiger partial charge in [-0.05, 0) is 90.3 Å². The molecule has 0 radical (unpaired) electrons. The van der Waals surface area contributed by atoms with Crippen LogP contribution in [0.15, 0.2) is 48.5 Å². The summed E-state index contributed by atoms with van der Waals surface area (Å²) < 4.78 is 26.2. The van der Waals surface area contributed by atoms with Crippen LogP contribution in [0.5, 0.6) is 23.0 Å². The van der Waals surface area contributed by atoms with E-state index in [1.54, 1.807) is 0 Å². The largest absolute Gasteiger partial charge is 0.495 e. The molecule has 1 fully saturated rings. The Morgan fingerprint density at radius 3 is 1.39 bits per heavy atom. The van der Waals surface area contributed by atoms with Gasteiger partial charge in [-0.1, -0.05) is 65.8 Å². The zero-order chi connectivity index (χ0) is 27.4. The van der Waals surface area contributed by atoms with Crippen LogP contribution >= 0.6 is 0 Å². The minimum atomic E-state index is -0.503. The minimum Gasteiger partial charge on any atom is -0.458 e. The van der Waals surface area contributed by atoms with Gasteiger partial charge in [0.2, 0.25) is 0 Å². The zero-order valence-electron chi connectivity index (χ0n) is 24.4. The maximum atomic E-state index is 6.67. The van der Waals surface area contributed by atoms with Gasteiger partial charge in [-0.25, -0.2) is 0 Å². The molecule has 3 aromatic rings. The number of hydrogen-bond donors (Lipinski definition) is 0. The van der Waals surface area contributed by atoms with Gasteiger partial charge in [-0.15, -0.1) is 0 Å². The van der Waals surface area contributed by atoms with E-state index in [4.69, 9.17) is 18.8 Å². The van der Waals surface area contributed by atoms with E-state index in [2.05, 4.69) is 118 Å². The molecule has 6 rings (SSSR count). The lowest BCUT2D eigenvalue weighted by molar-refractivity contribution is 0.00578. The van der Waals surface area contributed by atoms with Crippen molar-refractivity contribution in [2.45, 2.75) is 91.3 Å². The molecular formula is C32H38B2O4. The summed E-state index contributed by atoms with van der Waals surface area (Å²) in [5.74, 6) is 3.42. The monoisotopic (exact) mass is 508 g/mol. The molecule has 3 heterocycles. The van der Waals surface area contributed by atoms with E-state index in [9.17, 15) is 0 Å². The van der Waals surface area contributed by atoms with E-state index in [1.165, 1.54) is 22.1 Å². The van der Waals surface area contributed by atoms with Gasteiger partial charge in [0.15, 0.2) is 0 Å². The third-order valence-electron chi connectivity index (χ3n) is 8.76. The molecule has 196 valence electrons. The van der Waals surface area contributed by atoms with Crippen LogP contribution in [0, 0.1) is 0 Å². The lowest BCUT2D eigenvalue weighted by atomic mass is 9.34. The number of benzene rings is 3. The second-order valence-electron chi connectivity index (χ2n) is 14.2. The summed E-state index contributed by atoms with van der Waals surface area (Å²) in [6.45, 7) is 21.7. The van der Waals surface area contributed by atoms with Gasteiger partial charge in [0.05, 0.1) is 11.2 Å². The van der Waals surface area contributed by atoms with Crippen LogP contribution in [0.1, 0.15) is 80.4 Å². The van der Waals surface area contributed by atoms with Crippen molar-refractivity contribution in [2.24, 2.45) is 0 Å². The van der Waals surface area contributed by atoms with Crippen molar-refractivity contribution in [1.29, 1.82) is 0 Å². The number of ether oxygens (including phenoxy) is 2. The quantitative estimate of drug-likeness (QED) is 0.288. The van der Waals surface area contributed by atoms with Gasteiger partial charge in [0.25, 0.3) is 6.71 Å². The molecule has 3 aliphatic rings. The lowest BCUT2D eigenvalue weighted by Gasteiger charge is -2.35. The highest BCUT2D eigenvalue weighted by atomic mass is 16.7. The van der Waals surface area contributed by atoms with Gasteiger partial charge >= 0.3 is 7.12 Å². The molecule has 1 saturated heterocycles. The topological polar surface area (TPSA) is 36.9 Å². The van der Waals surface area contributed by atoms with Crippen molar-refractivity contribution < 1.29 is 18.8 Å². The number of rotatable bonds is 1. The Balaban J connectivity index is 1.54. The highest BCUT2D eigenvalue weighted by molar-refractivity contribution is 6.98. The second-order valence-corrected chi connectivity index (χ2v) is 14.2. The summed E-state index contributed by atoms with van der Waals surface area (Å²) in [5, 5.41) is 0. The van der Waals surface area contributed by atoms with Gasteiger partial charge in [-0.3, -0.25) is 0 Å². The molecule has 0 amide bonds. The Labute approximate surface area is 228 Å². The third-order valence-corrected chi connectivity index (χ3v) is 8.76. The first-order valence-electron chi connectivity index (χ1n) is 13.7. The molecule has 3 aliphatic heterocycles. The molecule has 3 aromatic carbocycles. The van der Waals surface area contributed by atoms with Crippen molar-refractivity contribution >= 4 is 35.7 Å². The van der Waals surface area contributed by atoms with Crippen LogP contribution in [-0.2, 0) is 20.1 Å². The fourth-order valence-electron chi connectivity index (χ4n) is 5.56. The minimum absolute atomic E-state index is 0.0174. The Hall–Kier alpha value is -2.69. The first kappa shape index (κ1) is 25.6. The molecule has 4 nitrogen and oxygen atoms in total. The molecule has 0 saturated carbocycles. The van der Waals surface area contributed by atoms with E-state index in [-0.39, 0.29) is 17.5 Å². The Bertz CT molecular complexity index is 1350. The fourth-order valence-corrected chi connectivity index (χ4v) is 5.56. The average Bonchev–Trinajstić information content (AvgIpc) is 3.03. The highest BCUT2D eigenvalue weighted by Crippen LogP contribution is 2.40. The molecule has 0 spiro atoms. The second kappa shape index (κ2) is 7.92. The van der Waals surface area contributed by atoms with Crippen LogP contribution in [0.25, 0.3) is 0 Å². The zero-order valence-corrected chi connectivity index (χ0v) is 24.4. The van der Waals surface area contributed by atoms with Crippen LogP contribution in [0.3, 0.4) is 0 Å². The van der Waals surface area contributed by atoms with Gasteiger partial charge in [0, 0.05) is 5.46 Å². The van der Waals surface area contributed by atoms with Crippen molar-refractivity contribution in [3.63, 3.8) is 0 Å². The standard InChI is InChI=1S/C32H38B2O4/c1-29(2,3)19-11-13-22-24(15-19)35-26-17-21(34-37-31(7,8)32(9,10)38-34)18-27-28(26)33(22)23-14-12-20(30(4,5)6)16-25(23)36-27/h11-18H,1-10H3. The summed E-state index contributed by atoms with van der Waals surface area (Å²) >= 11 is 0. The van der Waals surface area contributed by atoms with Crippen LogP contribution < -0.4 is 31.3 Å². The van der Waals surface area contributed by atoms with Crippen molar-refractivity contribution in [1.82, 2.24) is 0 Å². The lowest BCUT2D eigenvalue weighted by Crippen LogP contribution is -2.58. The van der Waals surface area contributed by atoms with E-state index in [0.717, 1.165) is 33.9 Å². The smallest absolute Gasteiger partial charge is 0.458 e. The number of hydrogen-bond acceptors (Lipinski definition) is 4. The fraction of sp³-hybridized carbons (Fsp3) is 0.438. The molecule has 0 aliphatic carbocycles. The normalized spacial score (nSPS) is 18.8. The SMILES string of the molecule is CC(C)(C)c1ccc2c(c1)Oc1cc(B3OC(C)(C)C(C)(C)O3)cc3c1B2c1ccc(C(C)(C)C)cc1O3. The predicted molar refractivity (Wildman–Crippen MR) is 157 cm³/mol. The van der Waals surface area contributed by atoms with Crippen molar-refractivity contribution in [2.75, 3.05) is 0 Å². The first-order chi connectivity index (χ1) is 17.5. The van der Waals surface area contributed by atoms with Gasteiger partial charge in [0.1, 0.15) is 23.0 Å². The Kier molecular flexibility index (Phi) is 5.33. The van der Waals surface area contributed by atoms with E-state index >= 15 is 0 Å². The first-order valence-corrected chi connectivity index (χ1v) is 13.7. The van der Waals surface area contributed by atoms with Gasteiger partial charge in [-0.2, -0.15) is 0 Å². The maximum Gasteiger partial charge on any atom is 0.495 e. The summed E-state index contributed by atoms with van der Waals surface area (Å²) in [7, 11) is -0.503. The average molecular weight is 508 g/mol. The van der Waals surface area contributed by atoms with Crippen molar-refractivity contribution in [3.8, 4) is 23.0 Å². The summed E-state index contributed by atoms with van der Waals surface area (Å²) in [6.07, 6.45) is 0.